The fraction of sp³-hybridized carbons (Fsp3) is 0.348. The van der Waals surface area contributed by atoms with Crippen molar-refractivity contribution in [3.8, 4) is 5.75 Å². The first-order valence-electron chi connectivity index (χ1n) is 10.4. The maximum atomic E-state index is 12.6. The number of aromatic nitrogens is 2. The maximum Gasteiger partial charge on any atom is 0.275 e. The average molecular weight is 472 g/mol. The standard InChI is InChI=1S/C23H25N3O6S/c1-30-15-23(7-8-23)32-19-12-16(26-22(27)21-14-24-9-10-25-21)11-18(13-19)31-17-3-5-20(6-4-17)33(2,28)29/h3-6,9-12,14,18H,7-8,13,15H2,1-2H3,(H,26,27). The van der Waals surface area contributed by atoms with Crippen LogP contribution in [0, 0.1) is 0 Å². The molecule has 0 radical (unpaired) electrons. The highest BCUT2D eigenvalue weighted by molar-refractivity contribution is 7.90. The summed E-state index contributed by atoms with van der Waals surface area (Å²) in [5.41, 5.74) is 0.351. The van der Waals surface area contributed by atoms with Crippen molar-refractivity contribution < 1.29 is 27.4 Å². The van der Waals surface area contributed by atoms with E-state index < -0.39 is 21.8 Å². The van der Waals surface area contributed by atoms with Crippen LogP contribution in [0.3, 0.4) is 0 Å². The van der Waals surface area contributed by atoms with Crippen LogP contribution in [-0.4, -0.2) is 56.0 Å². The lowest BCUT2D eigenvalue weighted by Gasteiger charge is -2.26. The molecule has 174 valence electrons. The van der Waals surface area contributed by atoms with Gasteiger partial charge in [-0.15, -0.1) is 0 Å². The lowest BCUT2D eigenvalue weighted by molar-refractivity contribution is 0.00964. The molecule has 9 nitrogen and oxygen atoms in total. The molecule has 0 spiro atoms. The van der Waals surface area contributed by atoms with Gasteiger partial charge in [0.25, 0.3) is 5.91 Å². The number of carbonyl (C=O) groups excluding carboxylic acids is 1. The Bertz CT molecular complexity index is 1170. The molecule has 1 aromatic carbocycles. The minimum Gasteiger partial charge on any atom is -0.489 e. The summed E-state index contributed by atoms with van der Waals surface area (Å²) in [6, 6.07) is 6.21. The zero-order chi connectivity index (χ0) is 23.5. The van der Waals surface area contributed by atoms with Crippen molar-refractivity contribution in [3.63, 3.8) is 0 Å². The first-order valence-corrected chi connectivity index (χ1v) is 12.3. The van der Waals surface area contributed by atoms with Crippen LogP contribution in [0.2, 0.25) is 0 Å². The van der Waals surface area contributed by atoms with Crippen molar-refractivity contribution in [2.75, 3.05) is 20.0 Å². The van der Waals surface area contributed by atoms with Crippen molar-refractivity contribution in [1.82, 2.24) is 15.3 Å². The second-order valence-electron chi connectivity index (χ2n) is 8.10. The van der Waals surface area contributed by atoms with E-state index in [4.69, 9.17) is 14.2 Å². The number of amides is 1. The summed E-state index contributed by atoms with van der Waals surface area (Å²) < 4.78 is 41.0. The van der Waals surface area contributed by atoms with Gasteiger partial charge in [-0.25, -0.2) is 13.4 Å². The fourth-order valence-electron chi connectivity index (χ4n) is 3.47. The quantitative estimate of drug-likeness (QED) is 0.593. The van der Waals surface area contributed by atoms with Gasteiger partial charge in [-0.3, -0.25) is 9.78 Å². The molecule has 1 N–H and O–H groups in total. The molecule has 2 aliphatic carbocycles. The van der Waals surface area contributed by atoms with Crippen LogP contribution >= 0.6 is 0 Å². The molecular formula is C23H25N3O6S. The molecule has 1 heterocycles. The predicted octanol–water partition coefficient (Wildman–Crippen LogP) is 2.42. The SMILES string of the molecule is COCC1(OC2=CC(NC(=O)c3cnccn3)=CC(Oc3ccc(S(C)(=O)=O)cc3)C2)CC1. The first kappa shape index (κ1) is 22.9. The molecule has 0 aliphatic heterocycles. The van der Waals surface area contributed by atoms with Gasteiger partial charge in [0.15, 0.2) is 9.84 Å². The van der Waals surface area contributed by atoms with Crippen molar-refractivity contribution in [2.24, 2.45) is 0 Å². The van der Waals surface area contributed by atoms with Gasteiger partial charge in [0.05, 0.1) is 17.7 Å². The van der Waals surface area contributed by atoms with Crippen LogP contribution < -0.4 is 10.1 Å². The van der Waals surface area contributed by atoms with E-state index in [-0.39, 0.29) is 16.2 Å². The van der Waals surface area contributed by atoms with Crippen LogP contribution in [0.15, 0.2) is 71.4 Å². The highest BCUT2D eigenvalue weighted by atomic mass is 32.2. The molecule has 10 heteroatoms. The van der Waals surface area contributed by atoms with E-state index in [9.17, 15) is 13.2 Å². The van der Waals surface area contributed by atoms with Gasteiger partial charge < -0.3 is 19.5 Å². The molecule has 4 rings (SSSR count). The molecule has 1 aromatic heterocycles. The van der Waals surface area contributed by atoms with Crippen LogP contribution in [-0.2, 0) is 19.3 Å². The van der Waals surface area contributed by atoms with Gasteiger partial charge in [0.1, 0.15) is 28.9 Å². The number of nitrogens with one attached hydrogen (secondary N) is 1. The maximum absolute atomic E-state index is 12.6. The van der Waals surface area contributed by atoms with Crippen molar-refractivity contribution in [2.45, 2.75) is 35.9 Å². The van der Waals surface area contributed by atoms with E-state index >= 15 is 0 Å². The van der Waals surface area contributed by atoms with Gasteiger partial charge in [0.2, 0.25) is 0 Å². The summed E-state index contributed by atoms with van der Waals surface area (Å²) in [6.07, 6.45) is 10.8. The number of benzene rings is 1. The molecule has 0 saturated heterocycles. The van der Waals surface area contributed by atoms with E-state index in [1.54, 1.807) is 31.4 Å². The third kappa shape index (κ3) is 5.96. The topological polar surface area (TPSA) is 117 Å². The van der Waals surface area contributed by atoms with E-state index in [0.29, 0.717) is 30.2 Å². The predicted molar refractivity (Wildman–Crippen MR) is 119 cm³/mol. The normalized spacial score (nSPS) is 19.2. The third-order valence-corrected chi connectivity index (χ3v) is 6.37. The minimum absolute atomic E-state index is 0.187. The number of carbonyl (C=O) groups is 1. The van der Waals surface area contributed by atoms with E-state index in [1.165, 1.54) is 30.7 Å². The Hall–Kier alpha value is -3.24. The number of hydrogen-bond acceptors (Lipinski definition) is 8. The van der Waals surface area contributed by atoms with Crippen LogP contribution in [0.1, 0.15) is 29.8 Å². The lowest BCUT2D eigenvalue weighted by Crippen LogP contribution is -2.30. The Balaban J connectivity index is 1.53. The highest BCUT2D eigenvalue weighted by Gasteiger charge is 2.46. The van der Waals surface area contributed by atoms with Gasteiger partial charge >= 0.3 is 0 Å². The number of methoxy groups -OCH3 is 1. The van der Waals surface area contributed by atoms with Crippen LogP contribution in [0.25, 0.3) is 0 Å². The second-order valence-corrected chi connectivity index (χ2v) is 10.1. The number of nitrogens with zero attached hydrogens (tertiary/aromatic N) is 2. The van der Waals surface area contributed by atoms with E-state index in [0.717, 1.165) is 19.1 Å². The van der Waals surface area contributed by atoms with E-state index in [1.807, 2.05) is 0 Å². The minimum atomic E-state index is -3.30. The number of ether oxygens (including phenoxy) is 3. The van der Waals surface area contributed by atoms with Crippen molar-refractivity contribution in [3.05, 3.63) is 72.2 Å². The number of rotatable bonds is 9. The second kappa shape index (κ2) is 9.32. The Kier molecular flexibility index (Phi) is 6.48. The summed E-state index contributed by atoms with van der Waals surface area (Å²) in [6.45, 7) is 0.480. The molecule has 1 saturated carbocycles. The number of sulfone groups is 1. The lowest BCUT2D eigenvalue weighted by atomic mass is 10.1. The first-order chi connectivity index (χ1) is 15.8. The summed E-state index contributed by atoms with van der Waals surface area (Å²) in [5.74, 6) is 0.767. The molecule has 1 fully saturated rings. The summed E-state index contributed by atoms with van der Waals surface area (Å²) in [4.78, 5) is 20.7. The fourth-order valence-corrected chi connectivity index (χ4v) is 4.10. The number of hydrogen-bond donors (Lipinski definition) is 1. The smallest absolute Gasteiger partial charge is 0.275 e. The largest absolute Gasteiger partial charge is 0.489 e. The third-order valence-electron chi connectivity index (χ3n) is 5.24. The van der Waals surface area contributed by atoms with Gasteiger partial charge in [0, 0.05) is 37.9 Å². The van der Waals surface area contributed by atoms with Crippen LogP contribution in [0.4, 0.5) is 0 Å². The average Bonchev–Trinajstić information content (AvgIpc) is 3.53. The van der Waals surface area contributed by atoms with Crippen molar-refractivity contribution >= 4 is 15.7 Å². The Morgan fingerprint density at radius 2 is 1.97 bits per heavy atom. The molecule has 1 unspecified atom stereocenters. The van der Waals surface area contributed by atoms with Crippen molar-refractivity contribution in [1.29, 1.82) is 0 Å². The molecule has 33 heavy (non-hydrogen) atoms. The Labute approximate surface area is 192 Å². The Morgan fingerprint density at radius 3 is 2.58 bits per heavy atom. The summed E-state index contributed by atoms with van der Waals surface area (Å²) in [5, 5.41) is 2.82. The number of allylic oxidation sites excluding steroid dienone is 1. The highest BCUT2D eigenvalue weighted by Crippen LogP contribution is 2.43. The van der Waals surface area contributed by atoms with Gasteiger partial charge in [-0.2, -0.15) is 0 Å². The van der Waals surface area contributed by atoms with E-state index in [2.05, 4.69) is 15.3 Å². The summed E-state index contributed by atoms with van der Waals surface area (Å²) >= 11 is 0. The molecule has 2 aliphatic rings. The Morgan fingerprint density at radius 1 is 1.21 bits per heavy atom. The molecule has 1 amide bonds. The van der Waals surface area contributed by atoms with Gasteiger partial charge in [-0.1, -0.05) is 0 Å². The summed E-state index contributed by atoms with van der Waals surface area (Å²) in [7, 11) is -1.66. The molecule has 1 atom stereocenters. The zero-order valence-corrected chi connectivity index (χ0v) is 19.2. The van der Waals surface area contributed by atoms with Gasteiger partial charge in [-0.05, 0) is 49.3 Å². The zero-order valence-electron chi connectivity index (χ0n) is 18.4. The molecule has 2 aromatic rings. The molecule has 0 bridgehead atoms. The van der Waals surface area contributed by atoms with Crippen LogP contribution in [0.5, 0.6) is 5.75 Å². The molecular weight excluding hydrogens is 446 g/mol. The monoisotopic (exact) mass is 471 g/mol.